The summed E-state index contributed by atoms with van der Waals surface area (Å²) in [5.74, 6) is -1.78. The number of hydrogen-bond donors (Lipinski definition) is 1. The lowest BCUT2D eigenvalue weighted by Crippen LogP contribution is -2.25. The maximum Gasteiger partial charge on any atom is 0.189 e. The van der Waals surface area contributed by atoms with Crippen molar-refractivity contribution < 1.29 is 14.2 Å². The smallest absolute Gasteiger partial charge is 0.189 e. The van der Waals surface area contributed by atoms with E-state index >= 15 is 0 Å². The second-order valence-corrected chi connectivity index (χ2v) is 2.93. The van der Waals surface area contributed by atoms with E-state index in [-0.39, 0.29) is 5.82 Å². The van der Waals surface area contributed by atoms with E-state index in [0.717, 1.165) is 0 Å². The van der Waals surface area contributed by atoms with Crippen molar-refractivity contribution in [2.24, 2.45) is 0 Å². The third kappa shape index (κ3) is 2.50. The standard InChI is InChI=1S/C10H13FO2/c1-3-13-10(2,12)8-5-4-6-9(11)7-8/h4-7,12H,3H2,1-2H3. The first-order valence-electron chi connectivity index (χ1n) is 4.18. The number of benzene rings is 1. The molecule has 0 aliphatic carbocycles. The molecule has 1 atom stereocenters. The summed E-state index contributed by atoms with van der Waals surface area (Å²) in [6, 6.07) is 5.75. The van der Waals surface area contributed by atoms with E-state index in [0.29, 0.717) is 12.2 Å². The van der Waals surface area contributed by atoms with Gasteiger partial charge < -0.3 is 9.84 Å². The Morgan fingerprint density at radius 3 is 2.77 bits per heavy atom. The van der Waals surface area contributed by atoms with Gasteiger partial charge in [0.25, 0.3) is 0 Å². The first-order valence-corrected chi connectivity index (χ1v) is 4.18. The summed E-state index contributed by atoms with van der Waals surface area (Å²) in [5, 5.41) is 9.72. The van der Waals surface area contributed by atoms with Gasteiger partial charge in [0.15, 0.2) is 5.79 Å². The molecule has 72 valence electrons. The maximum absolute atomic E-state index is 12.8. The maximum atomic E-state index is 12.8. The summed E-state index contributed by atoms with van der Waals surface area (Å²) in [5.41, 5.74) is 0.425. The highest BCUT2D eigenvalue weighted by molar-refractivity contribution is 5.20. The van der Waals surface area contributed by atoms with Crippen molar-refractivity contribution in [1.82, 2.24) is 0 Å². The minimum absolute atomic E-state index is 0.377. The van der Waals surface area contributed by atoms with E-state index in [1.807, 2.05) is 0 Å². The summed E-state index contributed by atoms with van der Waals surface area (Å²) in [6.45, 7) is 3.64. The number of aliphatic hydroxyl groups is 1. The Bertz CT molecular complexity index is 284. The topological polar surface area (TPSA) is 29.5 Å². The van der Waals surface area contributed by atoms with Gasteiger partial charge in [-0.3, -0.25) is 0 Å². The first kappa shape index (κ1) is 10.2. The fraction of sp³-hybridized carbons (Fsp3) is 0.400. The quantitative estimate of drug-likeness (QED) is 0.728. The van der Waals surface area contributed by atoms with Crippen molar-refractivity contribution in [3.63, 3.8) is 0 Å². The van der Waals surface area contributed by atoms with Gasteiger partial charge in [0, 0.05) is 12.2 Å². The third-order valence-electron chi connectivity index (χ3n) is 1.79. The first-order chi connectivity index (χ1) is 6.06. The molecule has 0 fully saturated rings. The van der Waals surface area contributed by atoms with E-state index in [4.69, 9.17) is 4.74 Å². The minimum atomic E-state index is -1.41. The summed E-state index contributed by atoms with van der Waals surface area (Å²) in [7, 11) is 0. The second kappa shape index (κ2) is 3.85. The Hall–Kier alpha value is -0.930. The van der Waals surface area contributed by atoms with Gasteiger partial charge in [-0.1, -0.05) is 12.1 Å². The van der Waals surface area contributed by atoms with Gasteiger partial charge in [0.1, 0.15) is 5.82 Å². The Morgan fingerprint density at radius 1 is 1.54 bits per heavy atom. The normalized spacial score (nSPS) is 15.4. The molecule has 0 amide bonds. The van der Waals surface area contributed by atoms with E-state index in [9.17, 15) is 9.50 Å². The van der Waals surface area contributed by atoms with E-state index in [1.165, 1.54) is 25.1 Å². The summed E-state index contributed by atoms with van der Waals surface area (Å²) in [6.07, 6.45) is 0. The molecule has 3 heteroatoms. The molecule has 13 heavy (non-hydrogen) atoms. The number of halogens is 1. The van der Waals surface area contributed by atoms with Crippen LogP contribution in [0.1, 0.15) is 19.4 Å². The lowest BCUT2D eigenvalue weighted by Gasteiger charge is -2.23. The van der Waals surface area contributed by atoms with Crippen LogP contribution in [0.5, 0.6) is 0 Å². The lowest BCUT2D eigenvalue weighted by molar-refractivity contribution is -0.195. The van der Waals surface area contributed by atoms with Crippen molar-refractivity contribution in [1.29, 1.82) is 0 Å². The van der Waals surface area contributed by atoms with Crippen LogP contribution in [-0.2, 0) is 10.5 Å². The molecule has 1 unspecified atom stereocenters. The van der Waals surface area contributed by atoms with Gasteiger partial charge in [0.2, 0.25) is 0 Å². The highest BCUT2D eigenvalue weighted by atomic mass is 19.1. The van der Waals surface area contributed by atoms with Crippen LogP contribution in [0, 0.1) is 5.82 Å². The SMILES string of the molecule is CCOC(C)(O)c1cccc(F)c1. The number of hydrogen-bond acceptors (Lipinski definition) is 2. The van der Waals surface area contributed by atoms with Gasteiger partial charge in [0.05, 0.1) is 0 Å². The molecule has 0 aliphatic rings. The summed E-state index contributed by atoms with van der Waals surface area (Å²) >= 11 is 0. The predicted molar refractivity (Wildman–Crippen MR) is 47.6 cm³/mol. The van der Waals surface area contributed by atoms with Crippen LogP contribution in [-0.4, -0.2) is 11.7 Å². The van der Waals surface area contributed by atoms with E-state index in [1.54, 1.807) is 13.0 Å². The van der Waals surface area contributed by atoms with Crippen LogP contribution >= 0.6 is 0 Å². The summed E-state index contributed by atoms with van der Waals surface area (Å²) < 4.78 is 17.8. The van der Waals surface area contributed by atoms with Gasteiger partial charge in [-0.05, 0) is 26.0 Å². The molecule has 1 aromatic rings. The molecule has 1 N–H and O–H groups in total. The van der Waals surface area contributed by atoms with Crippen LogP contribution in [0.4, 0.5) is 4.39 Å². The molecule has 0 spiro atoms. The zero-order valence-electron chi connectivity index (χ0n) is 7.75. The van der Waals surface area contributed by atoms with Crippen molar-refractivity contribution in [2.45, 2.75) is 19.6 Å². The highest BCUT2D eigenvalue weighted by Gasteiger charge is 2.23. The Kier molecular flexibility index (Phi) is 3.01. The average Bonchev–Trinajstić information content (AvgIpc) is 2.04. The zero-order chi connectivity index (χ0) is 9.90. The van der Waals surface area contributed by atoms with Crippen LogP contribution in [0.25, 0.3) is 0 Å². The Labute approximate surface area is 77.0 Å². The molecule has 0 aliphatic heterocycles. The molecular formula is C10H13FO2. The third-order valence-corrected chi connectivity index (χ3v) is 1.79. The van der Waals surface area contributed by atoms with Crippen LogP contribution in [0.2, 0.25) is 0 Å². The number of rotatable bonds is 3. The Balaban J connectivity index is 2.93. The molecule has 0 aromatic heterocycles. The van der Waals surface area contributed by atoms with Crippen LogP contribution in [0.3, 0.4) is 0 Å². The van der Waals surface area contributed by atoms with Gasteiger partial charge in [-0.15, -0.1) is 0 Å². The van der Waals surface area contributed by atoms with Gasteiger partial charge in [-0.2, -0.15) is 0 Å². The van der Waals surface area contributed by atoms with Crippen molar-refractivity contribution >= 4 is 0 Å². The summed E-state index contributed by atoms with van der Waals surface area (Å²) in [4.78, 5) is 0. The molecule has 0 bridgehead atoms. The van der Waals surface area contributed by atoms with Crippen LogP contribution < -0.4 is 0 Å². The predicted octanol–water partition coefficient (Wildman–Crippen LogP) is 2.03. The fourth-order valence-electron chi connectivity index (χ4n) is 1.14. The number of ether oxygens (including phenoxy) is 1. The largest absolute Gasteiger partial charge is 0.362 e. The molecule has 0 radical (unpaired) electrons. The van der Waals surface area contributed by atoms with Gasteiger partial charge >= 0.3 is 0 Å². The molecule has 0 saturated heterocycles. The molecule has 0 saturated carbocycles. The van der Waals surface area contributed by atoms with Crippen molar-refractivity contribution in [2.75, 3.05) is 6.61 Å². The molecule has 0 heterocycles. The van der Waals surface area contributed by atoms with E-state index in [2.05, 4.69) is 0 Å². The van der Waals surface area contributed by atoms with Crippen molar-refractivity contribution in [3.8, 4) is 0 Å². The zero-order valence-corrected chi connectivity index (χ0v) is 7.75. The average molecular weight is 184 g/mol. The Morgan fingerprint density at radius 2 is 2.23 bits per heavy atom. The molecule has 1 rings (SSSR count). The lowest BCUT2D eigenvalue weighted by atomic mass is 10.1. The molecule has 2 nitrogen and oxygen atoms in total. The van der Waals surface area contributed by atoms with Gasteiger partial charge in [-0.25, -0.2) is 4.39 Å². The van der Waals surface area contributed by atoms with Crippen molar-refractivity contribution in [3.05, 3.63) is 35.6 Å². The second-order valence-electron chi connectivity index (χ2n) is 2.93. The monoisotopic (exact) mass is 184 g/mol. The highest BCUT2D eigenvalue weighted by Crippen LogP contribution is 2.22. The molecular weight excluding hydrogens is 171 g/mol. The minimum Gasteiger partial charge on any atom is -0.362 e. The van der Waals surface area contributed by atoms with Crippen LogP contribution in [0.15, 0.2) is 24.3 Å². The fourth-order valence-corrected chi connectivity index (χ4v) is 1.14. The molecule has 1 aromatic carbocycles. The van der Waals surface area contributed by atoms with E-state index < -0.39 is 5.79 Å².